The summed E-state index contributed by atoms with van der Waals surface area (Å²) in [6, 6.07) is 7.34. The number of hydrogen-bond donors (Lipinski definition) is 1. The maximum atomic E-state index is 13.2. The quantitative estimate of drug-likeness (QED) is 0.807. The Morgan fingerprint density at radius 2 is 2.04 bits per heavy atom. The van der Waals surface area contributed by atoms with Crippen LogP contribution in [0.3, 0.4) is 0 Å². The summed E-state index contributed by atoms with van der Waals surface area (Å²) in [4.78, 5) is 24.4. The highest BCUT2D eigenvalue weighted by Gasteiger charge is 2.63. The van der Waals surface area contributed by atoms with E-state index in [9.17, 15) is 27.9 Å². The first-order valence-electron chi connectivity index (χ1n) is 6.84. The molecule has 0 radical (unpaired) electrons. The lowest BCUT2D eigenvalue weighted by molar-refractivity contribution is -0.297. The van der Waals surface area contributed by atoms with E-state index in [-0.39, 0.29) is 16.3 Å². The topological polar surface area (TPSA) is 83.1 Å². The molecule has 0 saturated heterocycles. The second-order valence-corrected chi connectivity index (χ2v) is 5.43. The van der Waals surface area contributed by atoms with Crippen LogP contribution >= 0.6 is 0 Å². The van der Waals surface area contributed by atoms with Crippen LogP contribution in [-0.2, 0) is 0 Å². The number of nitrogens with zero attached hydrogens (tertiary/aromatic N) is 2. The molecule has 9 heteroatoms. The van der Waals surface area contributed by atoms with Crippen LogP contribution in [0.15, 0.2) is 44.6 Å². The summed E-state index contributed by atoms with van der Waals surface area (Å²) in [6.45, 7) is 1.24. The number of hydrogen-bond acceptors (Lipinski definition) is 5. The van der Waals surface area contributed by atoms with Crippen molar-refractivity contribution < 1.29 is 27.5 Å². The first kappa shape index (κ1) is 16.2. The van der Waals surface area contributed by atoms with Gasteiger partial charge in [-0.15, -0.1) is 0 Å². The van der Waals surface area contributed by atoms with Crippen LogP contribution in [0, 0.1) is 0 Å². The number of para-hydroxylation sites is 1. The lowest BCUT2D eigenvalue weighted by Gasteiger charge is -2.32. The zero-order chi connectivity index (χ0) is 17.7. The molecule has 0 spiro atoms. The average molecular weight is 340 g/mol. The third kappa shape index (κ3) is 2.37. The molecule has 1 N–H and O–H groups in total. The van der Waals surface area contributed by atoms with Gasteiger partial charge in [0.25, 0.3) is 11.6 Å². The van der Waals surface area contributed by atoms with Crippen molar-refractivity contribution in [3.05, 3.63) is 46.3 Å². The Bertz CT molecular complexity index is 919. The van der Waals surface area contributed by atoms with Gasteiger partial charge < -0.3 is 9.52 Å². The summed E-state index contributed by atoms with van der Waals surface area (Å²) in [6.07, 6.45) is -6.03. The summed E-state index contributed by atoms with van der Waals surface area (Å²) < 4.78 is 44.5. The number of fused-ring (bicyclic) bond motifs is 1. The van der Waals surface area contributed by atoms with Gasteiger partial charge in [0, 0.05) is 17.5 Å². The number of benzene rings is 1. The first-order chi connectivity index (χ1) is 11.1. The Morgan fingerprint density at radius 3 is 2.71 bits per heavy atom. The molecule has 1 unspecified atom stereocenters. The van der Waals surface area contributed by atoms with Crippen molar-refractivity contribution in [1.82, 2.24) is 5.01 Å². The minimum atomic E-state index is -5.14. The van der Waals surface area contributed by atoms with Gasteiger partial charge in [0.05, 0.1) is 0 Å². The van der Waals surface area contributed by atoms with Crippen molar-refractivity contribution >= 4 is 22.6 Å². The third-order valence-electron chi connectivity index (χ3n) is 3.64. The standard InChI is InChI=1S/C15H11F3N2O4/c1-8-7-14(23,15(16,17)18)20(19-8)12(21)10-6-9-4-2-3-5-11(9)24-13(10)22/h2-6,23H,7H2,1H3. The zero-order valence-corrected chi connectivity index (χ0v) is 12.3. The lowest BCUT2D eigenvalue weighted by atomic mass is 10.1. The predicted octanol–water partition coefficient (Wildman–Crippen LogP) is 2.27. The van der Waals surface area contributed by atoms with E-state index in [2.05, 4.69) is 5.10 Å². The molecular weight excluding hydrogens is 329 g/mol. The smallest absolute Gasteiger partial charge is 0.422 e. The summed E-state index contributed by atoms with van der Waals surface area (Å²) in [5, 5.41) is 13.6. The maximum Gasteiger partial charge on any atom is 0.438 e. The fourth-order valence-corrected chi connectivity index (χ4v) is 2.48. The highest BCUT2D eigenvalue weighted by Crippen LogP contribution is 2.40. The second kappa shape index (κ2) is 5.17. The van der Waals surface area contributed by atoms with Gasteiger partial charge in [-0.1, -0.05) is 18.2 Å². The molecule has 24 heavy (non-hydrogen) atoms. The van der Waals surface area contributed by atoms with Crippen LogP contribution in [0.25, 0.3) is 11.0 Å². The van der Waals surface area contributed by atoms with Gasteiger partial charge in [0.2, 0.25) is 0 Å². The molecule has 1 aliphatic rings. The van der Waals surface area contributed by atoms with E-state index in [0.717, 1.165) is 6.07 Å². The van der Waals surface area contributed by atoms with Crippen molar-refractivity contribution in [1.29, 1.82) is 0 Å². The van der Waals surface area contributed by atoms with E-state index in [0.29, 0.717) is 5.39 Å². The van der Waals surface area contributed by atoms with E-state index < -0.39 is 35.4 Å². The second-order valence-electron chi connectivity index (χ2n) is 5.43. The minimum absolute atomic E-state index is 0.0895. The molecule has 0 aliphatic carbocycles. The van der Waals surface area contributed by atoms with Crippen LogP contribution in [0.4, 0.5) is 13.2 Å². The molecule has 126 valence electrons. The number of hydrazone groups is 1. The summed E-state index contributed by atoms with van der Waals surface area (Å²) in [5.74, 6) is -1.38. The van der Waals surface area contributed by atoms with Crippen LogP contribution in [0.2, 0.25) is 0 Å². The van der Waals surface area contributed by atoms with E-state index in [4.69, 9.17) is 4.42 Å². The zero-order valence-electron chi connectivity index (χ0n) is 12.3. The lowest BCUT2D eigenvalue weighted by Crippen LogP contribution is -2.57. The largest absolute Gasteiger partial charge is 0.438 e. The molecule has 2 heterocycles. The first-order valence-corrected chi connectivity index (χ1v) is 6.84. The maximum absolute atomic E-state index is 13.2. The van der Waals surface area contributed by atoms with E-state index in [1.54, 1.807) is 12.1 Å². The van der Waals surface area contributed by atoms with Crippen LogP contribution in [0.1, 0.15) is 23.7 Å². The Kier molecular flexibility index (Phi) is 3.48. The molecule has 0 saturated carbocycles. The van der Waals surface area contributed by atoms with Gasteiger partial charge in [-0.25, -0.2) is 4.79 Å². The van der Waals surface area contributed by atoms with Crippen LogP contribution in [-0.4, -0.2) is 33.6 Å². The number of aliphatic hydroxyl groups is 1. The Hall–Kier alpha value is -2.68. The summed E-state index contributed by atoms with van der Waals surface area (Å²) in [7, 11) is 0. The summed E-state index contributed by atoms with van der Waals surface area (Å²) >= 11 is 0. The fourth-order valence-electron chi connectivity index (χ4n) is 2.48. The Labute approximate surface area is 132 Å². The molecule has 1 aromatic heterocycles. The van der Waals surface area contributed by atoms with Crippen molar-refractivity contribution in [2.45, 2.75) is 25.2 Å². The summed E-state index contributed by atoms with van der Waals surface area (Å²) in [5.41, 5.74) is -5.15. The molecule has 0 bridgehead atoms. The van der Waals surface area contributed by atoms with Gasteiger partial charge in [-0.2, -0.15) is 23.3 Å². The number of amides is 1. The molecule has 1 aromatic carbocycles. The van der Waals surface area contributed by atoms with Crippen molar-refractivity contribution in [3.8, 4) is 0 Å². The van der Waals surface area contributed by atoms with Gasteiger partial charge in [-0.05, 0) is 19.1 Å². The number of carbonyl (C=O) groups is 1. The van der Waals surface area contributed by atoms with Gasteiger partial charge >= 0.3 is 11.8 Å². The van der Waals surface area contributed by atoms with E-state index >= 15 is 0 Å². The molecule has 1 atom stereocenters. The number of rotatable bonds is 1. The van der Waals surface area contributed by atoms with Crippen molar-refractivity contribution in [2.75, 3.05) is 0 Å². The van der Waals surface area contributed by atoms with E-state index in [1.165, 1.54) is 19.1 Å². The van der Waals surface area contributed by atoms with Crippen molar-refractivity contribution in [2.24, 2.45) is 5.10 Å². The van der Waals surface area contributed by atoms with E-state index in [1.807, 2.05) is 0 Å². The normalized spacial score (nSPS) is 21.2. The third-order valence-corrected chi connectivity index (χ3v) is 3.64. The van der Waals surface area contributed by atoms with Gasteiger partial charge in [0.15, 0.2) is 0 Å². The monoisotopic (exact) mass is 340 g/mol. The molecule has 1 aliphatic heterocycles. The van der Waals surface area contributed by atoms with Crippen molar-refractivity contribution in [3.63, 3.8) is 0 Å². The highest BCUT2D eigenvalue weighted by molar-refractivity contribution is 5.99. The molecule has 2 aromatic rings. The molecule has 6 nitrogen and oxygen atoms in total. The predicted molar refractivity (Wildman–Crippen MR) is 77.4 cm³/mol. The fraction of sp³-hybridized carbons (Fsp3) is 0.267. The van der Waals surface area contributed by atoms with Crippen LogP contribution < -0.4 is 5.63 Å². The molecule has 1 amide bonds. The SMILES string of the molecule is CC1=NN(C(=O)c2cc3ccccc3oc2=O)C(O)(C(F)(F)F)C1. The molecular formula is C15H11F3N2O4. The van der Waals surface area contributed by atoms with Gasteiger partial charge in [-0.3, -0.25) is 4.79 Å². The number of carbonyl (C=O) groups excluding carboxylic acids is 1. The average Bonchev–Trinajstić information content (AvgIpc) is 2.81. The number of alkyl halides is 3. The van der Waals surface area contributed by atoms with Crippen LogP contribution in [0.5, 0.6) is 0 Å². The minimum Gasteiger partial charge on any atom is -0.422 e. The number of halogens is 3. The van der Waals surface area contributed by atoms with Gasteiger partial charge in [0.1, 0.15) is 11.1 Å². The Morgan fingerprint density at radius 1 is 1.38 bits per heavy atom. The highest BCUT2D eigenvalue weighted by atomic mass is 19.4. The Balaban J connectivity index is 2.11. The molecule has 3 rings (SSSR count). The molecule has 0 fully saturated rings.